The molecule has 4 nitrogen and oxygen atoms in total. The minimum absolute atomic E-state index is 0.115. The van der Waals surface area contributed by atoms with Crippen molar-refractivity contribution in [2.45, 2.75) is 0 Å². The quantitative estimate of drug-likeness (QED) is 0.743. The molecule has 5 heteroatoms. The fourth-order valence-electron chi connectivity index (χ4n) is 1.75. The van der Waals surface area contributed by atoms with Crippen molar-refractivity contribution in [1.29, 1.82) is 0 Å². The highest BCUT2D eigenvalue weighted by Crippen LogP contribution is 2.31. The molecular weight excluding hydrogens is 226 g/mol. The van der Waals surface area contributed by atoms with Gasteiger partial charge >= 0.3 is 0 Å². The number of halogens is 1. The number of pyridine rings is 1. The Morgan fingerprint density at radius 2 is 2.12 bits per heavy atom. The molecule has 3 rings (SSSR count). The van der Waals surface area contributed by atoms with Crippen LogP contribution in [0.3, 0.4) is 0 Å². The summed E-state index contributed by atoms with van der Waals surface area (Å²) in [4.78, 5) is 15.1. The van der Waals surface area contributed by atoms with Gasteiger partial charge in [0, 0.05) is 10.4 Å². The SMILES string of the molecule is C=C1N=Nc2[nH]c3cc(Cl)ccc3c(=O)c21. The summed E-state index contributed by atoms with van der Waals surface area (Å²) in [7, 11) is 0. The number of nitrogens with zero attached hydrogens (tertiary/aromatic N) is 2. The molecule has 1 aliphatic heterocycles. The van der Waals surface area contributed by atoms with E-state index in [1.54, 1.807) is 18.2 Å². The van der Waals surface area contributed by atoms with E-state index in [1.807, 2.05) is 0 Å². The monoisotopic (exact) mass is 231 g/mol. The predicted molar refractivity (Wildman–Crippen MR) is 63.1 cm³/mol. The van der Waals surface area contributed by atoms with Crippen molar-refractivity contribution in [2.24, 2.45) is 10.2 Å². The van der Waals surface area contributed by atoms with Crippen LogP contribution in [-0.2, 0) is 0 Å². The van der Waals surface area contributed by atoms with Crippen molar-refractivity contribution in [2.75, 3.05) is 0 Å². The van der Waals surface area contributed by atoms with Gasteiger partial charge in [0.1, 0.15) is 0 Å². The normalized spacial score (nSPS) is 13.4. The maximum Gasteiger partial charge on any atom is 0.201 e. The van der Waals surface area contributed by atoms with E-state index in [1.165, 1.54) is 0 Å². The Morgan fingerprint density at radius 3 is 2.94 bits per heavy atom. The lowest BCUT2D eigenvalue weighted by atomic mass is 10.1. The number of aromatic amines is 1. The Bertz CT molecular complexity index is 715. The number of H-pyrrole nitrogens is 1. The average molecular weight is 232 g/mol. The minimum atomic E-state index is -0.115. The molecule has 0 saturated heterocycles. The van der Waals surface area contributed by atoms with Gasteiger partial charge in [0.2, 0.25) is 5.43 Å². The zero-order chi connectivity index (χ0) is 11.3. The maximum absolute atomic E-state index is 12.1. The highest BCUT2D eigenvalue weighted by atomic mass is 35.5. The van der Waals surface area contributed by atoms with E-state index in [2.05, 4.69) is 21.8 Å². The lowest BCUT2D eigenvalue weighted by Crippen LogP contribution is -2.07. The van der Waals surface area contributed by atoms with Gasteiger partial charge in [-0.15, -0.1) is 10.2 Å². The van der Waals surface area contributed by atoms with E-state index >= 15 is 0 Å². The van der Waals surface area contributed by atoms with E-state index in [9.17, 15) is 4.79 Å². The van der Waals surface area contributed by atoms with Crippen molar-refractivity contribution in [1.82, 2.24) is 4.98 Å². The number of rotatable bonds is 0. The van der Waals surface area contributed by atoms with Crippen LogP contribution in [0.4, 0.5) is 5.82 Å². The highest BCUT2D eigenvalue weighted by Gasteiger charge is 2.18. The van der Waals surface area contributed by atoms with Crippen LogP contribution >= 0.6 is 11.6 Å². The van der Waals surface area contributed by atoms with E-state index in [0.717, 1.165) is 0 Å². The Labute approximate surface area is 95.3 Å². The number of benzene rings is 1. The molecule has 1 N–H and O–H groups in total. The van der Waals surface area contributed by atoms with Crippen molar-refractivity contribution in [3.8, 4) is 0 Å². The number of hydrogen-bond donors (Lipinski definition) is 1. The van der Waals surface area contributed by atoms with Crippen LogP contribution in [-0.4, -0.2) is 4.98 Å². The van der Waals surface area contributed by atoms with E-state index < -0.39 is 0 Å². The number of hydrogen-bond acceptors (Lipinski definition) is 3. The smallest absolute Gasteiger partial charge is 0.201 e. The summed E-state index contributed by atoms with van der Waals surface area (Å²) in [5, 5.41) is 8.76. The second-order valence-electron chi connectivity index (χ2n) is 3.51. The summed E-state index contributed by atoms with van der Waals surface area (Å²) < 4.78 is 0. The first-order valence-corrected chi connectivity index (χ1v) is 5.01. The van der Waals surface area contributed by atoms with Gasteiger partial charge in [-0.25, -0.2) is 0 Å². The van der Waals surface area contributed by atoms with Crippen LogP contribution in [0.1, 0.15) is 5.56 Å². The van der Waals surface area contributed by atoms with E-state index in [-0.39, 0.29) is 5.43 Å². The highest BCUT2D eigenvalue weighted by molar-refractivity contribution is 6.31. The first-order valence-electron chi connectivity index (χ1n) is 4.63. The molecule has 2 aromatic rings. The molecule has 16 heavy (non-hydrogen) atoms. The Morgan fingerprint density at radius 1 is 1.31 bits per heavy atom. The third-order valence-electron chi connectivity index (χ3n) is 2.50. The molecule has 0 fully saturated rings. The number of aromatic nitrogens is 1. The molecule has 2 heterocycles. The third-order valence-corrected chi connectivity index (χ3v) is 2.74. The Kier molecular flexibility index (Phi) is 1.76. The van der Waals surface area contributed by atoms with Gasteiger partial charge < -0.3 is 4.98 Å². The maximum atomic E-state index is 12.1. The van der Waals surface area contributed by atoms with Gasteiger partial charge in [-0.1, -0.05) is 18.2 Å². The Hall–Kier alpha value is -1.94. The Balaban J connectivity index is 2.52. The zero-order valence-corrected chi connectivity index (χ0v) is 8.88. The molecule has 0 saturated carbocycles. The van der Waals surface area contributed by atoms with Crippen LogP contribution in [0, 0.1) is 0 Å². The number of fused-ring (bicyclic) bond motifs is 2. The van der Waals surface area contributed by atoms with E-state index in [4.69, 9.17) is 11.6 Å². The summed E-state index contributed by atoms with van der Waals surface area (Å²) in [5.74, 6) is 0.449. The molecular formula is C11H6ClN3O. The van der Waals surface area contributed by atoms with Crippen LogP contribution in [0.2, 0.25) is 5.02 Å². The topological polar surface area (TPSA) is 57.6 Å². The minimum Gasteiger partial charge on any atom is -0.337 e. The predicted octanol–water partition coefficient (Wildman–Crippen LogP) is 3.25. The summed E-state index contributed by atoms with van der Waals surface area (Å²) in [6.07, 6.45) is 0. The first-order chi connectivity index (χ1) is 7.66. The molecule has 0 amide bonds. The average Bonchev–Trinajstić information content (AvgIpc) is 2.60. The molecule has 1 aromatic heterocycles. The van der Waals surface area contributed by atoms with Gasteiger partial charge in [-0.05, 0) is 18.2 Å². The van der Waals surface area contributed by atoms with Crippen molar-refractivity contribution in [3.05, 3.63) is 45.6 Å². The second-order valence-corrected chi connectivity index (χ2v) is 3.95. The lowest BCUT2D eigenvalue weighted by Gasteiger charge is -2.01. The van der Waals surface area contributed by atoms with Crippen LogP contribution in [0.15, 0.2) is 39.8 Å². The first kappa shape index (κ1) is 9.30. The molecule has 0 aliphatic carbocycles. The van der Waals surface area contributed by atoms with Gasteiger partial charge in [0.25, 0.3) is 0 Å². The molecule has 0 unspecified atom stereocenters. The number of azo groups is 1. The van der Waals surface area contributed by atoms with Gasteiger partial charge in [-0.3, -0.25) is 4.79 Å². The molecule has 0 bridgehead atoms. The lowest BCUT2D eigenvalue weighted by molar-refractivity contribution is 1.25. The zero-order valence-electron chi connectivity index (χ0n) is 8.12. The van der Waals surface area contributed by atoms with Gasteiger partial charge in [-0.2, -0.15) is 0 Å². The van der Waals surface area contributed by atoms with Crippen LogP contribution < -0.4 is 5.43 Å². The summed E-state index contributed by atoms with van der Waals surface area (Å²) in [6, 6.07) is 5.05. The van der Waals surface area contributed by atoms with Crippen molar-refractivity contribution >= 4 is 34.0 Å². The largest absolute Gasteiger partial charge is 0.337 e. The molecule has 0 radical (unpaired) electrons. The van der Waals surface area contributed by atoms with Gasteiger partial charge in [0.15, 0.2) is 5.82 Å². The van der Waals surface area contributed by atoms with Crippen molar-refractivity contribution in [3.63, 3.8) is 0 Å². The standard InChI is InChI=1S/C11H6ClN3O/c1-5-9-10(16)7-3-2-6(12)4-8(7)13-11(9)15-14-5/h2-4H,1H2,(H,13,16). The summed E-state index contributed by atoms with van der Waals surface area (Å²) in [6.45, 7) is 3.67. The third kappa shape index (κ3) is 1.13. The molecule has 0 atom stereocenters. The van der Waals surface area contributed by atoms with E-state index in [0.29, 0.717) is 33.0 Å². The van der Waals surface area contributed by atoms with Crippen LogP contribution in [0.25, 0.3) is 16.6 Å². The molecule has 1 aliphatic rings. The molecule has 0 spiro atoms. The molecule has 78 valence electrons. The van der Waals surface area contributed by atoms with Crippen molar-refractivity contribution < 1.29 is 0 Å². The summed E-state index contributed by atoms with van der Waals surface area (Å²) >= 11 is 5.86. The van der Waals surface area contributed by atoms with Gasteiger partial charge in [0.05, 0.1) is 16.8 Å². The number of nitrogens with one attached hydrogen (secondary N) is 1. The fourth-order valence-corrected chi connectivity index (χ4v) is 1.93. The summed E-state index contributed by atoms with van der Waals surface area (Å²) in [5.41, 5.74) is 1.38. The second kappa shape index (κ2) is 3.02. The van der Waals surface area contributed by atoms with Crippen LogP contribution in [0.5, 0.6) is 0 Å². The fraction of sp³-hybridized carbons (Fsp3) is 0. The molecule has 1 aromatic carbocycles.